The molecule has 1 N–H and O–H groups in total. The molecule has 6 nitrogen and oxygen atoms in total. The minimum Gasteiger partial charge on any atom is -0.394 e. The molecule has 0 spiro atoms. The number of hydrogen-bond acceptors (Lipinski definition) is 4. The molecule has 0 aromatic carbocycles. The molecule has 0 saturated heterocycles. The summed E-state index contributed by atoms with van der Waals surface area (Å²) in [5.74, 6) is 0. The van der Waals surface area contributed by atoms with Crippen LogP contribution in [0.15, 0.2) is 5.11 Å². The zero-order chi connectivity index (χ0) is 8.53. The van der Waals surface area contributed by atoms with Crippen LogP contribution in [0.3, 0.4) is 0 Å². The molecule has 0 radical (unpaired) electrons. The number of nitrogens with zero attached hydrogens (tertiary/aromatic N) is 3. The Morgan fingerprint density at radius 3 is 2.91 bits per heavy atom. The highest BCUT2D eigenvalue weighted by atomic mass is 16.5. The molecule has 0 aliphatic rings. The molecule has 0 saturated carbocycles. The summed E-state index contributed by atoms with van der Waals surface area (Å²) in [5, 5.41) is 11.6. The monoisotopic (exact) mass is 161 g/mol. The van der Waals surface area contributed by atoms with E-state index in [1.807, 2.05) is 0 Å². The van der Waals surface area contributed by atoms with Gasteiger partial charge in [0.2, 0.25) is 0 Å². The number of hydrogen-bond donors (Lipinski definition) is 1. The van der Waals surface area contributed by atoms with E-state index < -0.39 is 6.23 Å². The minimum absolute atomic E-state index is 0.0489. The van der Waals surface area contributed by atoms with E-state index in [0.29, 0.717) is 0 Å². The van der Waals surface area contributed by atoms with Gasteiger partial charge in [0.05, 0.1) is 19.8 Å². The fourth-order valence-electron chi connectivity index (χ4n) is 0.455. The Morgan fingerprint density at radius 2 is 2.45 bits per heavy atom. The molecule has 64 valence electrons. The van der Waals surface area contributed by atoms with Gasteiger partial charge in [-0.3, -0.25) is 0 Å². The normalized spacial score (nSPS) is 12.2. The topological polar surface area (TPSA) is 87.5 Å². The van der Waals surface area contributed by atoms with Crippen molar-refractivity contribution in [1.29, 1.82) is 0 Å². The second-order valence-electron chi connectivity index (χ2n) is 1.69. The molecule has 0 fully saturated rings. The SMILES string of the molecule is COC(COCCO)N=[N+]=[N-]. The van der Waals surface area contributed by atoms with Gasteiger partial charge >= 0.3 is 0 Å². The van der Waals surface area contributed by atoms with Gasteiger partial charge in [0.1, 0.15) is 0 Å². The molecule has 0 heterocycles. The molecular formula is C5H11N3O3. The summed E-state index contributed by atoms with van der Waals surface area (Å²) in [4.78, 5) is 2.54. The second-order valence-corrected chi connectivity index (χ2v) is 1.69. The van der Waals surface area contributed by atoms with Crippen LogP contribution in [0, 0.1) is 0 Å². The molecule has 0 aliphatic carbocycles. The average molecular weight is 161 g/mol. The molecule has 1 unspecified atom stereocenters. The van der Waals surface area contributed by atoms with Crippen LogP contribution in [-0.4, -0.2) is 38.3 Å². The van der Waals surface area contributed by atoms with E-state index in [-0.39, 0.29) is 19.8 Å². The predicted octanol–water partition coefficient (Wildman–Crippen LogP) is 0.278. The van der Waals surface area contributed by atoms with Gasteiger partial charge in [0, 0.05) is 12.0 Å². The van der Waals surface area contributed by atoms with Crippen molar-refractivity contribution in [2.75, 3.05) is 26.9 Å². The Kier molecular flexibility index (Phi) is 6.76. The Bertz CT molecular complexity index is 135. The summed E-state index contributed by atoms with van der Waals surface area (Å²) in [7, 11) is 1.42. The number of azide groups is 1. The number of aliphatic hydroxyl groups excluding tert-OH is 1. The van der Waals surface area contributed by atoms with Crippen molar-refractivity contribution < 1.29 is 14.6 Å². The van der Waals surface area contributed by atoms with Gasteiger partial charge < -0.3 is 14.6 Å². The van der Waals surface area contributed by atoms with Crippen LogP contribution in [0.4, 0.5) is 0 Å². The Morgan fingerprint density at radius 1 is 1.73 bits per heavy atom. The number of aliphatic hydroxyl groups is 1. The standard InChI is InChI=1S/C5H11N3O3/c1-10-5(7-8-6)4-11-3-2-9/h5,9H,2-4H2,1H3. The lowest BCUT2D eigenvalue weighted by molar-refractivity contribution is 0.00164. The lowest BCUT2D eigenvalue weighted by Gasteiger charge is -2.07. The van der Waals surface area contributed by atoms with Crippen molar-refractivity contribution in [2.45, 2.75) is 6.23 Å². The van der Waals surface area contributed by atoms with E-state index in [1.54, 1.807) is 0 Å². The first-order valence-electron chi connectivity index (χ1n) is 3.10. The molecule has 0 aromatic rings. The van der Waals surface area contributed by atoms with Crippen LogP contribution < -0.4 is 0 Å². The maximum absolute atomic E-state index is 8.31. The first-order valence-corrected chi connectivity index (χ1v) is 3.10. The first kappa shape index (κ1) is 10.2. The molecule has 1 atom stereocenters. The van der Waals surface area contributed by atoms with Gasteiger partial charge in [-0.25, -0.2) is 0 Å². The smallest absolute Gasteiger partial charge is 0.159 e. The van der Waals surface area contributed by atoms with Crippen molar-refractivity contribution in [2.24, 2.45) is 5.11 Å². The number of ether oxygens (including phenoxy) is 2. The molecule has 11 heavy (non-hydrogen) atoms. The highest BCUT2D eigenvalue weighted by Crippen LogP contribution is 1.92. The summed E-state index contributed by atoms with van der Waals surface area (Å²) in [6, 6.07) is 0. The van der Waals surface area contributed by atoms with Gasteiger partial charge in [-0.1, -0.05) is 5.11 Å². The van der Waals surface area contributed by atoms with Crippen LogP contribution >= 0.6 is 0 Å². The van der Waals surface area contributed by atoms with Crippen molar-refractivity contribution in [3.05, 3.63) is 10.4 Å². The van der Waals surface area contributed by atoms with Crippen LogP contribution in [-0.2, 0) is 9.47 Å². The zero-order valence-corrected chi connectivity index (χ0v) is 6.30. The number of rotatable bonds is 6. The largest absolute Gasteiger partial charge is 0.394 e. The first-order chi connectivity index (χ1) is 5.35. The Labute approximate surface area is 64.4 Å². The Balaban J connectivity index is 3.43. The molecule has 0 aliphatic heterocycles. The van der Waals surface area contributed by atoms with Crippen molar-refractivity contribution in [3.8, 4) is 0 Å². The molecule has 0 rings (SSSR count). The maximum Gasteiger partial charge on any atom is 0.159 e. The minimum atomic E-state index is -0.605. The van der Waals surface area contributed by atoms with Crippen LogP contribution in [0.5, 0.6) is 0 Å². The molecule has 6 heteroatoms. The fourth-order valence-corrected chi connectivity index (χ4v) is 0.455. The van der Waals surface area contributed by atoms with Crippen LogP contribution in [0.1, 0.15) is 0 Å². The van der Waals surface area contributed by atoms with Crippen molar-refractivity contribution in [3.63, 3.8) is 0 Å². The molecule has 0 amide bonds. The van der Waals surface area contributed by atoms with E-state index in [0.717, 1.165) is 0 Å². The fraction of sp³-hybridized carbons (Fsp3) is 1.00. The van der Waals surface area contributed by atoms with E-state index in [4.69, 9.17) is 20.1 Å². The van der Waals surface area contributed by atoms with Crippen molar-refractivity contribution >= 4 is 0 Å². The van der Waals surface area contributed by atoms with Gasteiger partial charge in [-0.15, -0.1) is 0 Å². The third kappa shape index (κ3) is 5.63. The van der Waals surface area contributed by atoms with Gasteiger partial charge in [0.15, 0.2) is 6.23 Å². The summed E-state index contributed by atoms with van der Waals surface area (Å²) in [6.45, 7) is 0.342. The third-order valence-corrected chi connectivity index (χ3v) is 0.949. The maximum atomic E-state index is 8.31. The lowest BCUT2D eigenvalue weighted by atomic mass is 10.6. The van der Waals surface area contributed by atoms with Crippen LogP contribution in [0.2, 0.25) is 0 Å². The second kappa shape index (κ2) is 7.30. The molecule has 0 bridgehead atoms. The van der Waals surface area contributed by atoms with Gasteiger partial charge in [0.25, 0.3) is 0 Å². The Hall–Kier alpha value is -0.810. The van der Waals surface area contributed by atoms with Gasteiger partial charge in [-0.05, 0) is 5.53 Å². The van der Waals surface area contributed by atoms with E-state index in [2.05, 4.69) is 10.0 Å². The highest BCUT2D eigenvalue weighted by Gasteiger charge is 2.02. The lowest BCUT2D eigenvalue weighted by Crippen LogP contribution is -2.16. The van der Waals surface area contributed by atoms with Gasteiger partial charge in [-0.2, -0.15) is 0 Å². The predicted molar refractivity (Wildman–Crippen MR) is 37.8 cm³/mol. The molecular weight excluding hydrogens is 150 g/mol. The van der Waals surface area contributed by atoms with E-state index in [1.165, 1.54) is 7.11 Å². The van der Waals surface area contributed by atoms with Crippen molar-refractivity contribution in [1.82, 2.24) is 0 Å². The van der Waals surface area contributed by atoms with Crippen LogP contribution in [0.25, 0.3) is 10.4 Å². The van der Waals surface area contributed by atoms with E-state index in [9.17, 15) is 0 Å². The summed E-state index contributed by atoms with van der Waals surface area (Å²) in [5.41, 5.74) is 8.00. The van der Waals surface area contributed by atoms with E-state index >= 15 is 0 Å². The summed E-state index contributed by atoms with van der Waals surface area (Å²) < 4.78 is 9.56. The average Bonchev–Trinajstić information content (AvgIpc) is 2.03. The molecule has 0 aromatic heterocycles. The third-order valence-electron chi connectivity index (χ3n) is 0.949. The quantitative estimate of drug-likeness (QED) is 0.262. The number of methoxy groups -OCH3 is 1. The highest BCUT2D eigenvalue weighted by molar-refractivity contribution is 4.52. The summed E-state index contributed by atoms with van der Waals surface area (Å²) >= 11 is 0. The zero-order valence-electron chi connectivity index (χ0n) is 6.30. The summed E-state index contributed by atoms with van der Waals surface area (Å²) in [6.07, 6.45) is -0.605.